The number of thiazole rings is 1. The van der Waals surface area contributed by atoms with Gasteiger partial charge in [-0.3, -0.25) is 20.0 Å². The van der Waals surface area contributed by atoms with Crippen LogP contribution in [0.1, 0.15) is 27.2 Å². The Balaban J connectivity index is 1.17. The summed E-state index contributed by atoms with van der Waals surface area (Å²) in [6.07, 6.45) is 0.730. The van der Waals surface area contributed by atoms with E-state index < -0.39 is 18.5 Å². The summed E-state index contributed by atoms with van der Waals surface area (Å²) in [5, 5.41) is 6.37. The molecule has 1 amide bonds. The van der Waals surface area contributed by atoms with Crippen molar-refractivity contribution in [1.82, 2.24) is 14.9 Å². The van der Waals surface area contributed by atoms with E-state index in [1.165, 1.54) is 16.9 Å². The number of benzene rings is 3. The molecule has 0 fully saturated rings. The van der Waals surface area contributed by atoms with Gasteiger partial charge in [0.2, 0.25) is 0 Å². The van der Waals surface area contributed by atoms with Gasteiger partial charge in [0.25, 0.3) is 5.91 Å². The fraction of sp³-hybridized carbons (Fsp3) is 0.161. The molecule has 0 bridgehead atoms. The molecule has 1 aliphatic rings. The average Bonchev–Trinajstić information content (AvgIpc) is 3.44. The van der Waals surface area contributed by atoms with Crippen LogP contribution in [0, 0.1) is 0 Å². The third kappa shape index (κ3) is 5.74. The van der Waals surface area contributed by atoms with Crippen molar-refractivity contribution in [2.75, 3.05) is 18.5 Å². The van der Waals surface area contributed by atoms with Gasteiger partial charge in [0.05, 0.1) is 16.8 Å². The Labute approximate surface area is 240 Å². The second kappa shape index (κ2) is 11.6. The number of hydrogen-bond donors (Lipinski definition) is 1. The number of pyridine rings is 1. The monoisotopic (exact) mass is 568 g/mol. The molecular weight excluding hydrogens is 544 g/mol. The van der Waals surface area contributed by atoms with Crippen molar-refractivity contribution in [3.8, 4) is 11.3 Å². The minimum Gasteiger partial charge on any atom is -0.452 e. The highest BCUT2D eigenvalue weighted by Gasteiger charge is 2.27. The van der Waals surface area contributed by atoms with E-state index in [9.17, 15) is 9.59 Å². The largest absolute Gasteiger partial charge is 0.452 e. The lowest BCUT2D eigenvalue weighted by Crippen LogP contribution is -2.32. The third-order valence-electron chi connectivity index (χ3n) is 6.80. The fourth-order valence-electron chi connectivity index (χ4n) is 4.90. The standard InChI is InChI=1S/C31H25ClN4O3S/c32-22-12-10-21(11-13-22)27-19-40-31(34-27)35-28(37)18-39-30(38)29-23-8-4-5-9-25(23)33-26-14-15-36(17-24(26)29)16-20-6-2-1-3-7-20/h1-13,19H,14-18H2,(H,34,35,37). The zero-order chi connectivity index (χ0) is 27.5. The number of fused-ring (bicyclic) bond motifs is 2. The molecule has 0 radical (unpaired) electrons. The summed E-state index contributed by atoms with van der Waals surface area (Å²) in [5.74, 6) is -0.990. The maximum absolute atomic E-state index is 13.5. The van der Waals surface area contributed by atoms with E-state index in [0.29, 0.717) is 22.3 Å². The summed E-state index contributed by atoms with van der Waals surface area (Å²) in [4.78, 5) is 37.8. The normalized spacial score (nSPS) is 13.1. The van der Waals surface area contributed by atoms with Crippen LogP contribution in [0.25, 0.3) is 22.2 Å². The lowest BCUT2D eigenvalue weighted by atomic mass is 9.95. The van der Waals surface area contributed by atoms with Gasteiger partial charge in [0.1, 0.15) is 0 Å². The van der Waals surface area contributed by atoms with Crippen molar-refractivity contribution in [3.63, 3.8) is 0 Å². The van der Waals surface area contributed by atoms with Crippen LogP contribution in [-0.2, 0) is 29.0 Å². The van der Waals surface area contributed by atoms with Gasteiger partial charge >= 0.3 is 5.97 Å². The lowest BCUT2D eigenvalue weighted by molar-refractivity contribution is -0.119. The van der Waals surface area contributed by atoms with Crippen LogP contribution in [0.15, 0.2) is 84.2 Å². The van der Waals surface area contributed by atoms with Gasteiger partial charge in [-0.1, -0.05) is 72.3 Å². The number of ether oxygens (including phenoxy) is 1. The first-order valence-corrected chi connectivity index (χ1v) is 14.1. The molecule has 3 heterocycles. The van der Waals surface area contributed by atoms with Crippen LogP contribution in [0.5, 0.6) is 0 Å². The number of nitrogens with one attached hydrogen (secondary N) is 1. The minimum atomic E-state index is -0.535. The van der Waals surface area contributed by atoms with Gasteiger partial charge < -0.3 is 4.74 Å². The number of hydrogen-bond acceptors (Lipinski definition) is 7. The number of rotatable bonds is 7. The summed E-state index contributed by atoms with van der Waals surface area (Å²) in [6.45, 7) is 1.77. The van der Waals surface area contributed by atoms with Gasteiger partial charge in [-0.05, 0) is 23.8 Å². The van der Waals surface area contributed by atoms with Crippen LogP contribution in [-0.4, -0.2) is 39.9 Å². The Kier molecular flexibility index (Phi) is 7.55. The van der Waals surface area contributed by atoms with E-state index in [1.54, 1.807) is 12.1 Å². The minimum absolute atomic E-state index is 0.423. The van der Waals surface area contributed by atoms with E-state index in [-0.39, 0.29) is 0 Å². The number of anilines is 1. The Hall–Kier alpha value is -4.11. The van der Waals surface area contributed by atoms with Crippen molar-refractivity contribution >= 4 is 50.8 Å². The van der Waals surface area contributed by atoms with Gasteiger partial charge in [-0.25, -0.2) is 9.78 Å². The molecule has 7 nitrogen and oxygen atoms in total. The molecule has 1 aliphatic heterocycles. The highest BCUT2D eigenvalue weighted by atomic mass is 35.5. The van der Waals surface area contributed by atoms with E-state index >= 15 is 0 Å². The molecule has 1 N–H and O–H groups in total. The predicted molar refractivity (Wildman–Crippen MR) is 157 cm³/mol. The van der Waals surface area contributed by atoms with Gasteiger partial charge in [-0.2, -0.15) is 0 Å². The summed E-state index contributed by atoms with van der Waals surface area (Å²) in [7, 11) is 0. The maximum Gasteiger partial charge on any atom is 0.339 e. The van der Waals surface area contributed by atoms with Crippen LogP contribution in [0.3, 0.4) is 0 Å². The van der Waals surface area contributed by atoms with Crippen molar-refractivity contribution in [1.29, 1.82) is 0 Å². The topological polar surface area (TPSA) is 84.4 Å². The summed E-state index contributed by atoms with van der Waals surface area (Å²) in [6, 6.07) is 25.1. The zero-order valence-corrected chi connectivity index (χ0v) is 23.0. The predicted octanol–water partition coefficient (Wildman–Crippen LogP) is 6.37. The number of nitrogens with zero attached hydrogens (tertiary/aromatic N) is 3. The highest BCUT2D eigenvalue weighted by Crippen LogP contribution is 2.30. The molecule has 200 valence electrons. The molecule has 3 aromatic carbocycles. The quantitative estimate of drug-likeness (QED) is 0.230. The molecule has 0 saturated heterocycles. The molecule has 0 atom stereocenters. The Morgan fingerprint density at radius 3 is 2.58 bits per heavy atom. The van der Waals surface area contributed by atoms with E-state index in [4.69, 9.17) is 21.3 Å². The molecular formula is C31H25ClN4O3S. The fourth-order valence-corrected chi connectivity index (χ4v) is 5.76. The molecule has 40 heavy (non-hydrogen) atoms. The second-order valence-corrected chi connectivity index (χ2v) is 10.8. The maximum atomic E-state index is 13.5. The Morgan fingerprint density at radius 1 is 0.975 bits per heavy atom. The lowest BCUT2D eigenvalue weighted by Gasteiger charge is -2.30. The Bertz CT molecular complexity index is 1690. The van der Waals surface area contributed by atoms with Crippen molar-refractivity contribution in [2.24, 2.45) is 0 Å². The number of aromatic nitrogens is 2. The summed E-state index contributed by atoms with van der Waals surface area (Å²) >= 11 is 7.27. The van der Waals surface area contributed by atoms with E-state index in [0.717, 1.165) is 52.9 Å². The van der Waals surface area contributed by atoms with Crippen LogP contribution in [0.4, 0.5) is 5.13 Å². The van der Waals surface area contributed by atoms with E-state index in [2.05, 4.69) is 27.3 Å². The average molecular weight is 569 g/mol. The van der Waals surface area contributed by atoms with Crippen molar-refractivity contribution in [3.05, 3.63) is 112 Å². The molecule has 6 rings (SSSR count). The van der Waals surface area contributed by atoms with Crippen molar-refractivity contribution < 1.29 is 14.3 Å². The van der Waals surface area contributed by atoms with E-state index in [1.807, 2.05) is 60.0 Å². The number of carbonyl (C=O) groups is 2. The molecule has 5 aromatic rings. The van der Waals surface area contributed by atoms with Crippen LogP contribution in [0.2, 0.25) is 5.02 Å². The number of amides is 1. The molecule has 0 spiro atoms. The van der Waals surface area contributed by atoms with Crippen LogP contribution < -0.4 is 5.32 Å². The molecule has 0 aliphatic carbocycles. The first-order chi connectivity index (χ1) is 19.5. The second-order valence-electron chi connectivity index (χ2n) is 9.54. The summed E-state index contributed by atoms with van der Waals surface area (Å²) < 4.78 is 5.56. The van der Waals surface area contributed by atoms with Gasteiger partial charge in [-0.15, -0.1) is 11.3 Å². The highest BCUT2D eigenvalue weighted by molar-refractivity contribution is 7.14. The molecule has 0 unspecified atom stereocenters. The number of para-hydroxylation sites is 1. The molecule has 9 heteroatoms. The first-order valence-electron chi connectivity index (χ1n) is 12.9. The number of halogens is 1. The SMILES string of the molecule is O=C(COC(=O)c1c2c(nc3ccccc13)CCN(Cc1ccccc1)C2)Nc1nc(-c2ccc(Cl)cc2)cs1. The Morgan fingerprint density at radius 2 is 1.75 bits per heavy atom. The molecule has 2 aromatic heterocycles. The van der Waals surface area contributed by atoms with Gasteiger partial charge in [0, 0.05) is 58.7 Å². The molecule has 0 saturated carbocycles. The first kappa shape index (κ1) is 26.1. The summed E-state index contributed by atoms with van der Waals surface area (Å²) in [5.41, 5.74) is 5.81. The number of carbonyl (C=O) groups excluding carboxylic acids is 2. The van der Waals surface area contributed by atoms with Crippen molar-refractivity contribution in [2.45, 2.75) is 19.5 Å². The van der Waals surface area contributed by atoms with Crippen LogP contribution >= 0.6 is 22.9 Å². The smallest absolute Gasteiger partial charge is 0.339 e. The van der Waals surface area contributed by atoms with Gasteiger partial charge in [0.15, 0.2) is 11.7 Å². The zero-order valence-electron chi connectivity index (χ0n) is 21.5. The number of esters is 1. The third-order valence-corrected chi connectivity index (χ3v) is 7.81.